The third kappa shape index (κ3) is 6.23. The summed E-state index contributed by atoms with van der Waals surface area (Å²) in [6.45, 7) is 8.63. The minimum Gasteiger partial charge on any atom is -0.397 e. The second kappa shape index (κ2) is 12.0. The van der Waals surface area contributed by atoms with E-state index in [1.807, 2.05) is 49.4 Å². The molecule has 4 N–H and O–H groups in total. The number of nitrogens with one attached hydrogen (secondary N) is 2. The molecule has 0 radical (unpaired) electrons. The highest BCUT2D eigenvalue weighted by molar-refractivity contribution is 8.15. The predicted molar refractivity (Wildman–Crippen MR) is 177 cm³/mol. The molecule has 1 saturated heterocycles. The number of benzene rings is 3. The van der Waals surface area contributed by atoms with Crippen LogP contribution in [0.2, 0.25) is 0 Å². The SMILES string of the molecule is Cc1c(NC(=O)c2ccc(C(C)(C)C)cc2)cccc1-c1cn(C)c(=O)c(Nc2ccc(N3CCSC(=O)C3=O)c(N)c2)n1. The van der Waals surface area contributed by atoms with Crippen LogP contribution in [0, 0.1) is 6.92 Å². The first-order valence-corrected chi connectivity index (χ1v) is 15.1. The van der Waals surface area contributed by atoms with E-state index >= 15 is 0 Å². The molecule has 0 bridgehead atoms. The Morgan fingerprint density at radius 1 is 1.02 bits per heavy atom. The fourth-order valence-electron chi connectivity index (χ4n) is 4.93. The summed E-state index contributed by atoms with van der Waals surface area (Å²) in [5, 5.41) is 5.54. The van der Waals surface area contributed by atoms with E-state index in [2.05, 4.69) is 36.4 Å². The Balaban J connectivity index is 1.40. The average Bonchev–Trinajstić information content (AvgIpc) is 2.98. The van der Waals surface area contributed by atoms with Crippen molar-refractivity contribution >= 4 is 57.3 Å². The van der Waals surface area contributed by atoms with Crippen LogP contribution in [0.3, 0.4) is 0 Å². The molecule has 0 unspecified atom stereocenters. The number of carbonyl (C=O) groups excluding carboxylic acids is 3. The standard InChI is InChI=1S/C33H34N6O4S/c1-19-23(7-6-8-25(19)37-29(40)20-9-11-21(12-10-20)33(2,3)4)26-18-38(5)30(41)28(36-26)35-22-13-14-27(24(34)17-22)39-15-16-44-32(43)31(39)42/h6-14,17-18H,15-16,34H2,1-5H3,(H,35,36)(H,37,40). The Bertz CT molecular complexity index is 1840. The highest BCUT2D eigenvalue weighted by Gasteiger charge is 2.29. The number of rotatable bonds is 6. The number of aryl methyl sites for hydroxylation is 1. The largest absolute Gasteiger partial charge is 0.397 e. The van der Waals surface area contributed by atoms with E-state index in [0.29, 0.717) is 40.6 Å². The topological polar surface area (TPSA) is 139 Å². The Labute approximate surface area is 259 Å². The Kier molecular flexibility index (Phi) is 8.33. The zero-order valence-electron chi connectivity index (χ0n) is 25.2. The number of hydrogen-bond acceptors (Lipinski definition) is 8. The molecule has 2 heterocycles. The summed E-state index contributed by atoms with van der Waals surface area (Å²) < 4.78 is 1.43. The lowest BCUT2D eigenvalue weighted by Crippen LogP contribution is -2.41. The summed E-state index contributed by atoms with van der Waals surface area (Å²) in [5.74, 6) is -0.266. The molecule has 0 saturated carbocycles. The summed E-state index contributed by atoms with van der Waals surface area (Å²) >= 11 is 0.993. The molecule has 1 aliphatic rings. The van der Waals surface area contributed by atoms with Gasteiger partial charge in [0.15, 0.2) is 5.82 Å². The molecule has 2 amide bonds. The molecule has 3 aromatic carbocycles. The number of thioether (sulfide) groups is 1. The van der Waals surface area contributed by atoms with Gasteiger partial charge in [0.2, 0.25) is 0 Å². The lowest BCUT2D eigenvalue weighted by atomic mass is 9.86. The molecule has 1 aromatic heterocycles. The summed E-state index contributed by atoms with van der Waals surface area (Å²) in [7, 11) is 1.63. The average molecular weight is 611 g/mol. The molecule has 0 aliphatic carbocycles. The van der Waals surface area contributed by atoms with E-state index in [4.69, 9.17) is 5.73 Å². The Morgan fingerprint density at radius 2 is 1.75 bits per heavy atom. The van der Waals surface area contributed by atoms with Crippen LogP contribution in [0.4, 0.5) is 28.6 Å². The van der Waals surface area contributed by atoms with Crippen molar-refractivity contribution in [3.8, 4) is 11.3 Å². The first kappa shape index (κ1) is 30.6. The number of nitrogen functional groups attached to an aromatic ring is 1. The first-order chi connectivity index (χ1) is 20.8. The summed E-state index contributed by atoms with van der Waals surface area (Å²) in [6.07, 6.45) is 1.64. The van der Waals surface area contributed by atoms with Crippen molar-refractivity contribution in [3.05, 3.63) is 93.9 Å². The molecule has 10 nitrogen and oxygen atoms in total. The smallest absolute Gasteiger partial charge is 0.305 e. The van der Waals surface area contributed by atoms with E-state index < -0.39 is 11.0 Å². The van der Waals surface area contributed by atoms with Gasteiger partial charge in [0.25, 0.3) is 16.6 Å². The Hall–Kier alpha value is -4.90. The van der Waals surface area contributed by atoms with E-state index in [1.165, 1.54) is 9.47 Å². The number of nitrogens with two attached hydrogens (primary N) is 1. The normalized spacial score (nSPS) is 13.6. The fraction of sp³-hybridized carbons (Fsp3) is 0.242. The summed E-state index contributed by atoms with van der Waals surface area (Å²) in [4.78, 5) is 56.3. The molecule has 11 heteroatoms. The maximum Gasteiger partial charge on any atom is 0.305 e. The monoisotopic (exact) mass is 610 g/mol. The van der Waals surface area contributed by atoms with Gasteiger partial charge in [-0.1, -0.05) is 56.8 Å². The van der Waals surface area contributed by atoms with Gasteiger partial charge in [0.1, 0.15) is 0 Å². The molecule has 226 valence electrons. The van der Waals surface area contributed by atoms with E-state index in [0.717, 1.165) is 28.5 Å². The van der Waals surface area contributed by atoms with Crippen LogP contribution in [0.1, 0.15) is 42.3 Å². The summed E-state index contributed by atoms with van der Waals surface area (Å²) in [5.41, 5.74) is 11.5. The van der Waals surface area contributed by atoms with Gasteiger partial charge < -0.3 is 25.8 Å². The van der Waals surface area contributed by atoms with Crippen LogP contribution >= 0.6 is 11.8 Å². The van der Waals surface area contributed by atoms with Gasteiger partial charge in [-0.05, 0) is 59.9 Å². The number of carbonyl (C=O) groups is 3. The minimum atomic E-state index is -0.607. The summed E-state index contributed by atoms with van der Waals surface area (Å²) in [6, 6.07) is 18.0. The van der Waals surface area contributed by atoms with Crippen LogP contribution in [0.5, 0.6) is 0 Å². The third-order valence-electron chi connectivity index (χ3n) is 7.49. The van der Waals surface area contributed by atoms with Gasteiger partial charge >= 0.3 is 5.91 Å². The van der Waals surface area contributed by atoms with Crippen LogP contribution in [0.15, 0.2) is 71.7 Å². The van der Waals surface area contributed by atoms with Gasteiger partial charge in [-0.25, -0.2) is 4.98 Å². The second-order valence-corrected chi connectivity index (χ2v) is 12.7. The Morgan fingerprint density at radius 3 is 2.43 bits per heavy atom. The second-order valence-electron chi connectivity index (χ2n) is 11.6. The molecule has 44 heavy (non-hydrogen) atoms. The maximum atomic E-state index is 13.1. The van der Waals surface area contributed by atoms with Crippen LogP contribution in [-0.2, 0) is 22.1 Å². The quantitative estimate of drug-likeness (QED) is 0.199. The van der Waals surface area contributed by atoms with Crippen molar-refractivity contribution in [2.45, 2.75) is 33.1 Å². The number of amides is 2. The number of aromatic nitrogens is 2. The van der Waals surface area contributed by atoms with Crippen LogP contribution < -0.4 is 26.8 Å². The molecule has 0 spiro atoms. The minimum absolute atomic E-state index is 0.0130. The van der Waals surface area contributed by atoms with Gasteiger partial charge in [-0.2, -0.15) is 0 Å². The third-order valence-corrected chi connectivity index (χ3v) is 8.31. The molecule has 5 rings (SSSR count). The van der Waals surface area contributed by atoms with Crippen molar-refractivity contribution in [2.75, 3.05) is 33.6 Å². The molecule has 0 atom stereocenters. The van der Waals surface area contributed by atoms with Crippen molar-refractivity contribution in [1.29, 1.82) is 0 Å². The van der Waals surface area contributed by atoms with E-state index in [1.54, 1.807) is 31.4 Å². The van der Waals surface area contributed by atoms with Gasteiger partial charge in [0, 0.05) is 48.0 Å². The zero-order chi connectivity index (χ0) is 31.8. The number of hydrogen-bond donors (Lipinski definition) is 3. The van der Waals surface area contributed by atoms with Crippen molar-refractivity contribution in [3.63, 3.8) is 0 Å². The molecular weight excluding hydrogens is 576 g/mol. The molecular formula is C33H34N6O4S. The van der Waals surface area contributed by atoms with E-state index in [9.17, 15) is 19.2 Å². The molecule has 1 aliphatic heterocycles. The fourth-order valence-corrected chi connectivity index (χ4v) is 5.62. The first-order valence-electron chi connectivity index (χ1n) is 14.1. The highest BCUT2D eigenvalue weighted by Crippen LogP contribution is 2.32. The lowest BCUT2D eigenvalue weighted by molar-refractivity contribution is -0.131. The molecule has 4 aromatic rings. The van der Waals surface area contributed by atoms with Crippen molar-refractivity contribution < 1.29 is 14.4 Å². The predicted octanol–water partition coefficient (Wildman–Crippen LogP) is 5.24. The zero-order valence-corrected chi connectivity index (χ0v) is 26.0. The van der Waals surface area contributed by atoms with Gasteiger partial charge in [-0.3, -0.25) is 19.2 Å². The van der Waals surface area contributed by atoms with Crippen molar-refractivity contribution in [2.24, 2.45) is 7.05 Å². The lowest BCUT2D eigenvalue weighted by Gasteiger charge is -2.26. The highest BCUT2D eigenvalue weighted by atomic mass is 32.2. The van der Waals surface area contributed by atoms with Crippen LogP contribution in [-0.4, -0.2) is 38.8 Å². The van der Waals surface area contributed by atoms with E-state index in [-0.39, 0.29) is 28.4 Å². The van der Waals surface area contributed by atoms with Crippen LogP contribution in [0.25, 0.3) is 11.3 Å². The van der Waals surface area contributed by atoms with Gasteiger partial charge in [-0.15, -0.1) is 0 Å². The van der Waals surface area contributed by atoms with Crippen molar-refractivity contribution in [1.82, 2.24) is 9.55 Å². The maximum absolute atomic E-state index is 13.1. The number of anilines is 5. The molecule has 1 fully saturated rings. The number of nitrogens with zero attached hydrogens (tertiary/aromatic N) is 3. The van der Waals surface area contributed by atoms with Gasteiger partial charge in [0.05, 0.1) is 17.1 Å².